The summed E-state index contributed by atoms with van der Waals surface area (Å²) in [5.41, 5.74) is 3.14. The third kappa shape index (κ3) is 3.55. The SMILES string of the molecule is CCc1ccc(/C=C2\SC(=Nc3ccc4ccccc4c3)NC2=O)cc1. The van der Waals surface area contributed by atoms with Crippen molar-refractivity contribution >= 4 is 45.4 Å². The Hall–Kier alpha value is -2.85. The number of carbonyl (C=O) groups excluding carboxylic acids is 1. The fraction of sp³-hybridized carbons (Fsp3) is 0.0909. The van der Waals surface area contributed by atoms with Crippen molar-refractivity contribution in [1.82, 2.24) is 5.32 Å². The smallest absolute Gasteiger partial charge is 0.264 e. The van der Waals surface area contributed by atoms with Crippen LogP contribution in [0.3, 0.4) is 0 Å². The van der Waals surface area contributed by atoms with E-state index in [1.807, 2.05) is 48.5 Å². The van der Waals surface area contributed by atoms with Crippen LogP contribution in [-0.2, 0) is 11.2 Å². The highest BCUT2D eigenvalue weighted by Crippen LogP contribution is 2.29. The van der Waals surface area contributed by atoms with Gasteiger partial charge in [-0.3, -0.25) is 4.79 Å². The minimum absolute atomic E-state index is 0.103. The van der Waals surface area contributed by atoms with E-state index in [-0.39, 0.29) is 5.91 Å². The summed E-state index contributed by atoms with van der Waals surface area (Å²) in [7, 11) is 0. The van der Waals surface area contributed by atoms with Crippen molar-refractivity contribution in [3.05, 3.63) is 82.8 Å². The number of amides is 1. The number of thioether (sulfide) groups is 1. The first-order valence-corrected chi connectivity index (χ1v) is 9.40. The second-order valence-electron chi connectivity index (χ2n) is 6.11. The molecule has 0 saturated carbocycles. The third-order valence-electron chi connectivity index (χ3n) is 4.30. The number of aryl methyl sites for hydroxylation is 1. The van der Waals surface area contributed by atoms with Crippen LogP contribution in [-0.4, -0.2) is 11.1 Å². The number of nitrogens with one attached hydrogen (secondary N) is 1. The van der Waals surface area contributed by atoms with E-state index in [2.05, 4.69) is 41.5 Å². The summed E-state index contributed by atoms with van der Waals surface area (Å²) >= 11 is 1.37. The van der Waals surface area contributed by atoms with Gasteiger partial charge in [-0.2, -0.15) is 0 Å². The molecule has 1 N–H and O–H groups in total. The lowest BCUT2D eigenvalue weighted by Gasteiger charge is -2.00. The molecule has 0 aliphatic carbocycles. The molecule has 1 amide bonds. The van der Waals surface area contributed by atoms with E-state index in [0.29, 0.717) is 10.1 Å². The van der Waals surface area contributed by atoms with E-state index in [0.717, 1.165) is 23.1 Å². The Morgan fingerprint density at radius 2 is 1.77 bits per heavy atom. The van der Waals surface area contributed by atoms with Crippen molar-refractivity contribution in [2.24, 2.45) is 4.99 Å². The second-order valence-corrected chi connectivity index (χ2v) is 7.14. The zero-order valence-corrected chi connectivity index (χ0v) is 15.2. The number of amidine groups is 1. The summed E-state index contributed by atoms with van der Waals surface area (Å²) in [6.45, 7) is 2.13. The molecule has 4 heteroatoms. The summed E-state index contributed by atoms with van der Waals surface area (Å²) in [5, 5.41) is 5.77. The van der Waals surface area contributed by atoms with Gasteiger partial charge in [-0.05, 0) is 58.3 Å². The Morgan fingerprint density at radius 1 is 1.00 bits per heavy atom. The molecule has 0 bridgehead atoms. The molecule has 0 radical (unpaired) electrons. The summed E-state index contributed by atoms with van der Waals surface area (Å²) in [6.07, 6.45) is 2.91. The summed E-state index contributed by atoms with van der Waals surface area (Å²) in [4.78, 5) is 17.5. The number of fused-ring (bicyclic) bond motifs is 1. The van der Waals surface area contributed by atoms with E-state index in [1.54, 1.807) is 0 Å². The Labute approximate surface area is 156 Å². The van der Waals surface area contributed by atoms with Gasteiger partial charge in [0.1, 0.15) is 0 Å². The largest absolute Gasteiger partial charge is 0.300 e. The van der Waals surface area contributed by atoms with Gasteiger partial charge in [0.15, 0.2) is 5.17 Å². The summed E-state index contributed by atoms with van der Waals surface area (Å²) in [5.74, 6) is -0.103. The maximum absolute atomic E-state index is 12.2. The van der Waals surface area contributed by atoms with Crippen molar-refractivity contribution in [1.29, 1.82) is 0 Å². The lowest BCUT2D eigenvalue weighted by molar-refractivity contribution is -0.115. The number of hydrogen-bond acceptors (Lipinski definition) is 3. The van der Waals surface area contributed by atoms with Crippen LogP contribution in [0.15, 0.2) is 76.6 Å². The monoisotopic (exact) mass is 358 g/mol. The van der Waals surface area contributed by atoms with Crippen LogP contribution in [0.4, 0.5) is 5.69 Å². The molecule has 0 atom stereocenters. The molecule has 0 unspecified atom stereocenters. The predicted octanol–water partition coefficient (Wildman–Crippen LogP) is 5.29. The highest BCUT2D eigenvalue weighted by atomic mass is 32.2. The highest BCUT2D eigenvalue weighted by Gasteiger charge is 2.23. The molecule has 128 valence electrons. The first-order chi connectivity index (χ1) is 12.7. The van der Waals surface area contributed by atoms with Gasteiger partial charge in [-0.15, -0.1) is 0 Å². The molecule has 1 heterocycles. The van der Waals surface area contributed by atoms with Gasteiger partial charge in [-0.25, -0.2) is 4.99 Å². The molecule has 1 saturated heterocycles. The maximum atomic E-state index is 12.2. The van der Waals surface area contributed by atoms with E-state index in [4.69, 9.17) is 0 Å². The molecule has 3 nitrogen and oxygen atoms in total. The average molecular weight is 358 g/mol. The van der Waals surface area contributed by atoms with Gasteiger partial charge in [0.2, 0.25) is 0 Å². The van der Waals surface area contributed by atoms with E-state index in [9.17, 15) is 4.79 Å². The molecule has 26 heavy (non-hydrogen) atoms. The molecule has 0 spiro atoms. The standard InChI is InChI=1S/C22H18N2OS/c1-2-15-7-9-16(10-8-15)13-20-21(25)24-22(26-20)23-19-12-11-17-5-3-4-6-18(17)14-19/h3-14H,2H2,1H3,(H,23,24,25)/b20-13-. The van der Waals surface area contributed by atoms with Gasteiger partial charge in [0.05, 0.1) is 10.6 Å². The number of nitrogens with zero attached hydrogens (tertiary/aromatic N) is 1. The molecule has 1 fully saturated rings. The Balaban J connectivity index is 1.57. The Bertz CT molecular complexity index is 1040. The number of benzene rings is 3. The fourth-order valence-electron chi connectivity index (χ4n) is 2.84. The van der Waals surface area contributed by atoms with Crippen LogP contribution in [0.1, 0.15) is 18.1 Å². The van der Waals surface area contributed by atoms with Crippen molar-refractivity contribution in [3.63, 3.8) is 0 Å². The van der Waals surface area contributed by atoms with Crippen molar-refractivity contribution in [2.45, 2.75) is 13.3 Å². The first kappa shape index (κ1) is 16.6. The zero-order chi connectivity index (χ0) is 17.9. The highest BCUT2D eigenvalue weighted by molar-refractivity contribution is 8.18. The van der Waals surface area contributed by atoms with Crippen LogP contribution in [0.5, 0.6) is 0 Å². The maximum Gasteiger partial charge on any atom is 0.264 e. The number of hydrogen-bond donors (Lipinski definition) is 1. The van der Waals surface area contributed by atoms with E-state index >= 15 is 0 Å². The van der Waals surface area contributed by atoms with E-state index < -0.39 is 0 Å². The minimum Gasteiger partial charge on any atom is -0.300 e. The number of aliphatic imine (C=N–C) groups is 1. The summed E-state index contributed by atoms with van der Waals surface area (Å²) < 4.78 is 0. The van der Waals surface area contributed by atoms with Crippen LogP contribution in [0.2, 0.25) is 0 Å². The second kappa shape index (κ2) is 7.18. The predicted molar refractivity (Wildman–Crippen MR) is 111 cm³/mol. The van der Waals surface area contributed by atoms with Crippen molar-refractivity contribution < 1.29 is 4.79 Å². The zero-order valence-electron chi connectivity index (χ0n) is 14.4. The average Bonchev–Trinajstić information content (AvgIpc) is 3.01. The van der Waals surface area contributed by atoms with Crippen molar-refractivity contribution in [3.8, 4) is 0 Å². The van der Waals surface area contributed by atoms with Crippen LogP contribution >= 0.6 is 11.8 Å². The van der Waals surface area contributed by atoms with Gasteiger partial charge >= 0.3 is 0 Å². The lowest BCUT2D eigenvalue weighted by atomic mass is 10.1. The Kier molecular flexibility index (Phi) is 4.59. The fourth-order valence-corrected chi connectivity index (χ4v) is 3.69. The van der Waals surface area contributed by atoms with Gasteiger partial charge in [0, 0.05) is 0 Å². The van der Waals surface area contributed by atoms with Gasteiger partial charge < -0.3 is 5.32 Å². The van der Waals surface area contributed by atoms with Gasteiger partial charge in [-0.1, -0.05) is 61.5 Å². The molecule has 1 aliphatic heterocycles. The van der Waals surface area contributed by atoms with Crippen LogP contribution in [0, 0.1) is 0 Å². The number of rotatable bonds is 3. The minimum atomic E-state index is -0.103. The number of carbonyl (C=O) groups is 1. The van der Waals surface area contributed by atoms with E-state index in [1.165, 1.54) is 22.7 Å². The molecule has 1 aliphatic rings. The molecule has 0 aromatic heterocycles. The topological polar surface area (TPSA) is 41.5 Å². The lowest BCUT2D eigenvalue weighted by Crippen LogP contribution is -2.19. The Morgan fingerprint density at radius 3 is 2.54 bits per heavy atom. The molecular formula is C22H18N2OS. The first-order valence-electron chi connectivity index (χ1n) is 8.58. The molecular weight excluding hydrogens is 340 g/mol. The summed E-state index contributed by atoms with van der Waals surface area (Å²) in [6, 6.07) is 22.5. The molecule has 4 rings (SSSR count). The van der Waals surface area contributed by atoms with Crippen LogP contribution < -0.4 is 5.32 Å². The molecule has 3 aromatic carbocycles. The van der Waals surface area contributed by atoms with Gasteiger partial charge in [0.25, 0.3) is 5.91 Å². The third-order valence-corrected chi connectivity index (χ3v) is 5.21. The quantitative estimate of drug-likeness (QED) is 0.646. The van der Waals surface area contributed by atoms with Crippen LogP contribution in [0.25, 0.3) is 16.8 Å². The normalized spacial score (nSPS) is 17.2. The molecule has 3 aromatic rings. The van der Waals surface area contributed by atoms with Crippen molar-refractivity contribution in [2.75, 3.05) is 0 Å².